The molecule has 28 heavy (non-hydrogen) atoms. The number of hydrogen-bond acceptors (Lipinski definition) is 5. The molecular formula is C21H28N4O3. The quantitative estimate of drug-likeness (QED) is 0.810. The van der Waals surface area contributed by atoms with Crippen LogP contribution in [0.1, 0.15) is 73.0 Å². The molecule has 0 radical (unpaired) electrons. The third kappa shape index (κ3) is 3.75. The number of hydrogen-bond donors (Lipinski definition) is 0. The normalized spacial score (nSPS) is 17.8. The lowest BCUT2D eigenvalue weighted by Gasteiger charge is -2.32. The number of carbonyl (C=O) groups is 1. The molecule has 1 fully saturated rings. The molecule has 1 aliphatic heterocycles. The van der Waals surface area contributed by atoms with Gasteiger partial charge < -0.3 is 9.42 Å². The van der Waals surface area contributed by atoms with Gasteiger partial charge in [0.1, 0.15) is 5.76 Å². The summed E-state index contributed by atoms with van der Waals surface area (Å²) in [6.07, 6.45) is 7.39. The number of amides is 1. The monoisotopic (exact) mass is 384 g/mol. The van der Waals surface area contributed by atoms with Crippen molar-refractivity contribution in [3.05, 3.63) is 45.5 Å². The van der Waals surface area contributed by atoms with E-state index >= 15 is 0 Å². The predicted octanol–water partition coefficient (Wildman–Crippen LogP) is 2.79. The Hall–Kier alpha value is -2.44. The predicted molar refractivity (Wildman–Crippen MR) is 104 cm³/mol. The lowest BCUT2D eigenvalue weighted by molar-refractivity contribution is 0.0671. The van der Waals surface area contributed by atoms with Crippen LogP contribution >= 0.6 is 0 Å². The Morgan fingerprint density at radius 3 is 2.71 bits per heavy atom. The highest BCUT2D eigenvalue weighted by Crippen LogP contribution is 2.27. The Balaban J connectivity index is 1.36. The summed E-state index contributed by atoms with van der Waals surface area (Å²) in [5.74, 6) is 1.50. The molecule has 0 spiro atoms. The van der Waals surface area contributed by atoms with Crippen molar-refractivity contribution in [1.29, 1.82) is 0 Å². The van der Waals surface area contributed by atoms with E-state index in [2.05, 4.69) is 10.1 Å². The van der Waals surface area contributed by atoms with Gasteiger partial charge in [0.2, 0.25) is 0 Å². The van der Waals surface area contributed by atoms with E-state index in [-0.39, 0.29) is 17.4 Å². The lowest BCUT2D eigenvalue weighted by Crippen LogP contribution is -2.40. The van der Waals surface area contributed by atoms with Crippen molar-refractivity contribution in [3.63, 3.8) is 0 Å². The van der Waals surface area contributed by atoms with E-state index < -0.39 is 0 Å². The first kappa shape index (κ1) is 18.9. The van der Waals surface area contributed by atoms with Gasteiger partial charge in [0.25, 0.3) is 11.5 Å². The van der Waals surface area contributed by atoms with Crippen molar-refractivity contribution < 1.29 is 9.32 Å². The summed E-state index contributed by atoms with van der Waals surface area (Å²) in [7, 11) is 0. The molecule has 2 aliphatic rings. The van der Waals surface area contributed by atoms with Crippen LogP contribution in [0.15, 0.2) is 21.7 Å². The van der Waals surface area contributed by atoms with Gasteiger partial charge in [0.15, 0.2) is 5.69 Å². The van der Waals surface area contributed by atoms with Crippen molar-refractivity contribution >= 4 is 5.91 Å². The highest BCUT2D eigenvalue weighted by molar-refractivity contribution is 5.94. The zero-order valence-corrected chi connectivity index (χ0v) is 16.7. The van der Waals surface area contributed by atoms with Crippen molar-refractivity contribution in [2.24, 2.45) is 5.92 Å². The molecule has 4 rings (SSSR count). The Kier molecular flexibility index (Phi) is 5.33. The average molecular weight is 384 g/mol. The number of nitrogens with zero attached hydrogens (tertiary/aromatic N) is 4. The van der Waals surface area contributed by atoms with Crippen LogP contribution in [0.25, 0.3) is 0 Å². The van der Waals surface area contributed by atoms with E-state index in [1.807, 2.05) is 18.7 Å². The summed E-state index contributed by atoms with van der Waals surface area (Å²) in [6, 6.07) is 1.64. The molecule has 7 heteroatoms. The first-order valence-corrected chi connectivity index (χ1v) is 10.4. The second-order valence-electron chi connectivity index (χ2n) is 8.33. The Labute approximate surface area is 164 Å². The number of piperidine rings is 1. The number of likely N-dealkylation sites (tertiary alicyclic amines) is 1. The fourth-order valence-electron chi connectivity index (χ4n) is 4.19. The molecule has 2 aromatic rings. The summed E-state index contributed by atoms with van der Waals surface area (Å²) in [5, 5.41) is 4.07. The number of fused-ring (bicyclic) bond motifs is 1. The van der Waals surface area contributed by atoms with Gasteiger partial charge in [0.05, 0.1) is 12.0 Å². The number of carbonyl (C=O) groups excluding carboxylic acids is 1. The molecule has 0 saturated carbocycles. The molecule has 0 N–H and O–H groups in total. The van der Waals surface area contributed by atoms with Crippen molar-refractivity contribution in [2.75, 3.05) is 13.1 Å². The molecular weight excluding hydrogens is 356 g/mol. The second-order valence-corrected chi connectivity index (χ2v) is 8.33. The van der Waals surface area contributed by atoms with Crippen LogP contribution in [0.5, 0.6) is 0 Å². The topological polar surface area (TPSA) is 81.2 Å². The molecule has 0 unspecified atom stereocenters. The minimum Gasteiger partial charge on any atom is -0.360 e. The van der Waals surface area contributed by atoms with E-state index in [4.69, 9.17) is 4.52 Å². The van der Waals surface area contributed by atoms with Gasteiger partial charge in [0, 0.05) is 37.7 Å². The van der Waals surface area contributed by atoms with Crippen molar-refractivity contribution in [2.45, 2.75) is 64.8 Å². The van der Waals surface area contributed by atoms with Crippen molar-refractivity contribution in [3.8, 4) is 0 Å². The summed E-state index contributed by atoms with van der Waals surface area (Å²) in [6.45, 7) is 6.11. The van der Waals surface area contributed by atoms with Crippen LogP contribution in [0.2, 0.25) is 0 Å². The highest BCUT2D eigenvalue weighted by Gasteiger charge is 2.30. The van der Waals surface area contributed by atoms with E-state index in [0.29, 0.717) is 31.2 Å². The summed E-state index contributed by atoms with van der Waals surface area (Å²) in [4.78, 5) is 31.5. The van der Waals surface area contributed by atoms with Crippen LogP contribution in [-0.4, -0.2) is 38.6 Å². The summed E-state index contributed by atoms with van der Waals surface area (Å²) in [5.41, 5.74) is 2.36. The van der Waals surface area contributed by atoms with Gasteiger partial charge in [-0.15, -0.1) is 0 Å². The average Bonchev–Trinajstić information content (AvgIpc) is 3.13. The first-order chi connectivity index (χ1) is 13.5. The Bertz CT molecular complexity index is 907. The van der Waals surface area contributed by atoms with Crippen LogP contribution < -0.4 is 5.56 Å². The Morgan fingerprint density at radius 1 is 1.25 bits per heavy atom. The van der Waals surface area contributed by atoms with E-state index in [1.165, 1.54) is 0 Å². The molecule has 0 aromatic carbocycles. The molecule has 1 aliphatic carbocycles. The maximum atomic E-state index is 12.9. The fourth-order valence-corrected chi connectivity index (χ4v) is 4.19. The minimum absolute atomic E-state index is 0.00595. The number of aromatic nitrogens is 3. The highest BCUT2D eigenvalue weighted by atomic mass is 16.5. The maximum absolute atomic E-state index is 12.9. The van der Waals surface area contributed by atoms with Gasteiger partial charge >= 0.3 is 0 Å². The van der Waals surface area contributed by atoms with Gasteiger partial charge in [-0.1, -0.05) is 19.0 Å². The number of aryl methyl sites for hydroxylation is 1. The molecule has 7 nitrogen and oxygen atoms in total. The van der Waals surface area contributed by atoms with E-state index in [1.54, 1.807) is 17.0 Å². The maximum Gasteiger partial charge on any atom is 0.276 e. The molecule has 3 heterocycles. The zero-order chi connectivity index (χ0) is 19.7. The van der Waals surface area contributed by atoms with E-state index in [9.17, 15) is 9.59 Å². The summed E-state index contributed by atoms with van der Waals surface area (Å²) < 4.78 is 7.09. The summed E-state index contributed by atoms with van der Waals surface area (Å²) >= 11 is 0. The van der Waals surface area contributed by atoms with Crippen molar-refractivity contribution in [1.82, 2.24) is 19.6 Å². The standard InChI is InChI=1S/C21H28N4O3/c1-14(2)17-11-19(26)25(13-22-17)12-15-7-9-24(10-8-15)21(27)20-16-5-3-4-6-18(16)28-23-20/h11,13-15H,3-10,12H2,1-2H3. The van der Waals surface area contributed by atoms with Crippen LogP contribution in [0.4, 0.5) is 0 Å². The van der Waals surface area contributed by atoms with Gasteiger partial charge in [-0.25, -0.2) is 4.98 Å². The minimum atomic E-state index is -0.00882. The number of rotatable bonds is 4. The van der Waals surface area contributed by atoms with Crippen LogP contribution in [0, 0.1) is 5.92 Å². The third-order valence-electron chi connectivity index (χ3n) is 6.00. The lowest BCUT2D eigenvalue weighted by atomic mass is 9.94. The first-order valence-electron chi connectivity index (χ1n) is 10.4. The molecule has 1 amide bonds. The Morgan fingerprint density at radius 2 is 2.00 bits per heavy atom. The van der Waals surface area contributed by atoms with Gasteiger partial charge in [-0.3, -0.25) is 14.2 Å². The van der Waals surface area contributed by atoms with Crippen LogP contribution in [0.3, 0.4) is 0 Å². The molecule has 0 atom stereocenters. The van der Waals surface area contributed by atoms with Crippen LogP contribution in [-0.2, 0) is 19.4 Å². The second kappa shape index (κ2) is 7.89. The smallest absolute Gasteiger partial charge is 0.276 e. The third-order valence-corrected chi connectivity index (χ3v) is 6.00. The van der Waals surface area contributed by atoms with Gasteiger partial charge in [-0.05, 0) is 43.9 Å². The molecule has 1 saturated heterocycles. The molecule has 0 bridgehead atoms. The fraction of sp³-hybridized carbons (Fsp3) is 0.619. The zero-order valence-electron chi connectivity index (χ0n) is 16.7. The largest absolute Gasteiger partial charge is 0.360 e. The van der Waals surface area contributed by atoms with Gasteiger partial charge in [-0.2, -0.15) is 0 Å². The SMILES string of the molecule is CC(C)c1cc(=O)n(CC2CCN(C(=O)c3noc4c3CCCC4)CC2)cn1. The molecule has 2 aromatic heterocycles. The molecule has 150 valence electrons. The van der Waals surface area contributed by atoms with E-state index in [0.717, 1.165) is 55.5 Å².